The fourth-order valence-corrected chi connectivity index (χ4v) is 5.00. The van der Waals surface area contributed by atoms with Crippen molar-refractivity contribution < 1.29 is 9.90 Å². The van der Waals surface area contributed by atoms with E-state index >= 15 is 0 Å². The molecule has 0 saturated carbocycles. The third-order valence-corrected chi connectivity index (χ3v) is 6.68. The lowest BCUT2D eigenvalue weighted by Crippen LogP contribution is -2.26. The molecule has 1 saturated heterocycles. The third kappa shape index (κ3) is 4.43. The van der Waals surface area contributed by atoms with E-state index in [1.807, 2.05) is 23.5 Å². The molecule has 0 spiro atoms. The number of hydrazone groups is 1. The second-order valence-electron chi connectivity index (χ2n) is 4.51. The van der Waals surface area contributed by atoms with Crippen LogP contribution < -0.4 is 5.43 Å². The zero-order valence-corrected chi connectivity index (χ0v) is 14.1. The normalized spacial score (nSPS) is 17.5. The number of phenols is 1. The molecule has 0 bridgehead atoms. The highest BCUT2D eigenvalue weighted by atomic mass is 79.9. The molecule has 2 N–H and O–H groups in total. The van der Waals surface area contributed by atoms with E-state index in [9.17, 15) is 9.90 Å². The molecule has 108 valence electrons. The van der Waals surface area contributed by atoms with Gasteiger partial charge >= 0.3 is 0 Å². The second-order valence-corrected chi connectivity index (χ2v) is 8.82. The van der Waals surface area contributed by atoms with Crippen LogP contribution in [0.2, 0.25) is 0 Å². The van der Waals surface area contributed by atoms with Gasteiger partial charge < -0.3 is 5.11 Å². The molecule has 1 aromatic rings. The fraction of sp³-hybridized carbons (Fsp3) is 0.385. The van der Waals surface area contributed by atoms with Crippen molar-refractivity contribution in [2.45, 2.75) is 17.4 Å². The Hall–Kier alpha value is -0.660. The zero-order chi connectivity index (χ0) is 14.6. The molecule has 1 aliphatic heterocycles. The lowest BCUT2D eigenvalue weighted by atomic mass is 10.2. The first-order valence-corrected chi connectivity index (χ1v) is 8.83. The average Bonchev–Trinajstić information content (AvgIpc) is 2.80. The average molecular weight is 375 g/mol. The maximum Gasteiger partial charge on any atom is 0.242 e. The van der Waals surface area contributed by atoms with E-state index in [1.54, 1.807) is 24.4 Å². The van der Waals surface area contributed by atoms with E-state index in [1.165, 1.54) is 0 Å². The van der Waals surface area contributed by atoms with Gasteiger partial charge in [-0.25, -0.2) is 5.43 Å². The zero-order valence-electron chi connectivity index (χ0n) is 10.9. The van der Waals surface area contributed by atoms with Gasteiger partial charge in [-0.1, -0.05) is 0 Å². The van der Waals surface area contributed by atoms with E-state index in [4.69, 9.17) is 0 Å². The Bertz CT molecular complexity index is 531. The minimum absolute atomic E-state index is 0.0266. The van der Waals surface area contributed by atoms with Crippen molar-refractivity contribution in [3.8, 4) is 5.75 Å². The van der Waals surface area contributed by atoms with Gasteiger partial charge in [0.05, 0.1) is 21.2 Å². The number of halogens is 1. The Labute approximate surface area is 134 Å². The Morgan fingerprint density at radius 2 is 2.25 bits per heavy atom. The summed E-state index contributed by atoms with van der Waals surface area (Å²) < 4.78 is 0.570. The Morgan fingerprint density at radius 3 is 2.90 bits per heavy atom. The standard InChI is InChI=1S/C13H15BrN2O2S2/c1-13(19-4-5-20-13)7-12(18)16-15-8-9-2-3-11(17)10(14)6-9/h2-3,6,8,17H,4-5,7H2,1H3,(H,16,18). The van der Waals surface area contributed by atoms with Crippen LogP contribution in [0.5, 0.6) is 5.75 Å². The van der Waals surface area contributed by atoms with Gasteiger partial charge in [-0.3, -0.25) is 4.79 Å². The first kappa shape index (κ1) is 15.7. The predicted molar refractivity (Wildman–Crippen MR) is 89.5 cm³/mol. The van der Waals surface area contributed by atoms with Crippen LogP contribution in [0, 0.1) is 0 Å². The first-order valence-electron chi connectivity index (χ1n) is 6.07. The van der Waals surface area contributed by atoms with Crippen LogP contribution in [0.25, 0.3) is 0 Å². The van der Waals surface area contributed by atoms with Crippen LogP contribution >= 0.6 is 39.5 Å². The van der Waals surface area contributed by atoms with Crippen LogP contribution in [0.4, 0.5) is 0 Å². The smallest absolute Gasteiger partial charge is 0.242 e. The van der Waals surface area contributed by atoms with E-state index in [0.717, 1.165) is 17.1 Å². The molecule has 7 heteroatoms. The van der Waals surface area contributed by atoms with Gasteiger partial charge in [0.2, 0.25) is 5.91 Å². The van der Waals surface area contributed by atoms with Gasteiger partial charge in [0, 0.05) is 11.5 Å². The highest BCUT2D eigenvalue weighted by molar-refractivity contribution is 9.10. The van der Waals surface area contributed by atoms with Crippen LogP contribution in [-0.2, 0) is 4.79 Å². The molecule has 1 aliphatic rings. The van der Waals surface area contributed by atoms with E-state index in [0.29, 0.717) is 10.9 Å². The summed E-state index contributed by atoms with van der Waals surface area (Å²) in [5.74, 6) is 2.29. The Kier molecular flexibility index (Phi) is 5.40. The molecule has 0 radical (unpaired) electrons. The van der Waals surface area contributed by atoms with Gasteiger partial charge in [0.25, 0.3) is 0 Å². The number of aromatic hydroxyl groups is 1. The highest BCUT2D eigenvalue weighted by Gasteiger charge is 2.32. The largest absolute Gasteiger partial charge is 0.507 e. The van der Waals surface area contributed by atoms with Gasteiger partial charge in [-0.05, 0) is 46.6 Å². The lowest BCUT2D eigenvalue weighted by molar-refractivity contribution is -0.121. The molecule has 2 rings (SSSR count). The molecule has 1 amide bonds. The van der Waals surface area contributed by atoms with Crippen molar-refractivity contribution in [1.29, 1.82) is 0 Å². The fourth-order valence-electron chi connectivity index (χ4n) is 1.77. The lowest BCUT2D eigenvalue weighted by Gasteiger charge is -2.19. The molecule has 1 aromatic carbocycles. The summed E-state index contributed by atoms with van der Waals surface area (Å²) in [5, 5.41) is 13.3. The number of carbonyl (C=O) groups excluding carboxylic acids is 1. The Balaban J connectivity index is 1.86. The number of benzene rings is 1. The number of carbonyl (C=O) groups is 1. The third-order valence-electron chi connectivity index (χ3n) is 2.75. The summed E-state index contributed by atoms with van der Waals surface area (Å²) in [4.78, 5) is 11.8. The van der Waals surface area contributed by atoms with Crippen molar-refractivity contribution in [2.75, 3.05) is 11.5 Å². The Morgan fingerprint density at radius 1 is 1.55 bits per heavy atom. The monoisotopic (exact) mass is 374 g/mol. The number of amides is 1. The summed E-state index contributed by atoms with van der Waals surface area (Å²) in [5.41, 5.74) is 3.34. The molecule has 20 heavy (non-hydrogen) atoms. The van der Waals surface area contributed by atoms with E-state index in [2.05, 4.69) is 33.4 Å². The van der Waals surface area contributed by atoms with Crippen molar-refractivity contribution in [1.82, 2.24) is 5.43 Å². The number of rotatable bonds is 4. The number of thioether (sulfide) groups is 2. The summed E-state index contributed by atoms with van der Waals surface area (Å²) in [7, 11) is 0. The molecule has 0 aromatic heterocycles. The van der Waals surface area contributed by atoms with Gasteiger partial charge in [0.15, 0.2) is 0 Å². The van der Waals surface area contributed by atoms with Gasteiger partial charge in [-0.2, -0.15) is 5.10 Å². The minimum atomic E-state index is -0.0801. The van der Waals surface area contributed by atoms with Crippen LogP contribution in [-0.4, -0.2) is 32.8 Å². The number of nitrogens with one attached hydrogen (secondary N) is 1. The number of phenolic OH excluding ortho intramolecular Hbond substituents is 1. The molecular formula is C13H15BrN2O2S2. The molecule has 1 heterocycles. The predicted octanol–water partition coefficient (Wildman–Crippen LogP) is 3.19. The topological polar surface area (TPSA) is 61.7 Å². The molecular weight excluding hydrogens is 360 g/mol. The molecule has 4 nitrogen and oxygen atoms in total. The maximum absolute atomic E-state index is 11.8. The van der Waals surface area contributed by atoms with Crippen molar-refractivity contribution in [2.24, 2.45) is 5.10 Å². The molecule has 0 unspecified atom stereocenters. The number of hydrogen-bond donors (Lipinski definition) is 2. The minimum Gasteiger partial charge on any atom is -0.507 e. The van der Waals surface area contributed by atoms with Crippen molar-refractivity contribution in [3.05, 3.63) is 28.2 Å². The molecule has 0 atom stereocenters. The van der Waals surface area contributed by atoms with E-state index in [-0.39, 0.29) is 15.7 Å². The summed E-state index contributed by atoms with van der Waals surface area (Å²) >= 11 is 6.87. The summed E-state index contributed by atoms with van der Waals surface area (Å²) in [6.45, 7) is 2.09. The van der Waals surface area contributed by atoms with Crippen LogP contribution in [0.15, 0.2) is 27.8 Å². The number of nitrogens with zero attached hydrogens (tertiary/aromatic N) is 1. The maximum atomic E-state index is 11.8. The van der Waals surface area contributed by atoms with E-state index < -0.39 is 0 Å². The van der Waals surface area contributed by atoms with Crippen molar-refractivity contribution in [3.63, 3.8) is 0 Å². The molecule has 1 fully saturated rings. The number of hydrogen-bond acceptors (Lipinski definition) is 5. The second kappa shape index (κ2) is 6.87. The van der Waals surface area contributed by atoms with Crippen LogP contribution in [0.1, 0.15) is 18.9 Å². The quantitative estimate of drug-likeness (QED) is 0.627. The SMILES string of the molecule is CC1(CC(=O)NN=Cc2ccc(O)c(Br)c2)SCCS1. The first-order chi connectivity index (χ1) is 9.48. The van der Waals surface area contributed by atoms with Gasteiger partial charge in [0.1, 0.15) is 5.75 Å². The summed E-state index contributed by atoms with van der Waals surface area (Å²) in [6.07, 6.45) is 2.01. The highest BCUT2D eigenvalue weighted by Crippen LogP contribution is 2.45. The summed E-state index contributed by atoms with van der Waals surface area (Å²) in [6, 6.07) is 5.02. The molecule has 0 aliphatic carbocycles. The van der Waals surface area contributed by atoms with Crippen LogP contribution in [0.3, 0.4) is 0 Å². The van der Waals surface area contributed by atoms with Crippen molar-refractivity contribution >= 4 is 51.6 Å². The van der Waals surface area contributed by atoms with Gasteiger partial charge in [-0.15, -0.1) is 23.5 Å².